The lowest BCUT2D eigenvalue weighted by atomic mass is 9.82. The first kappa shape index (κ1) is 22.6. The highest BCUT2D eigenvalue weighted by atomic mass is 16.6. The zero-order valence-electron chi connectivity index (χ0n) is 19.2. The lowest BCUT2D eigenvalue weighted by molar-refractivity contribution is -0.384. The molecular weight excluding hydrogens is 436 g/mol. The van der Waals surface area contributed by atoms with E-state index in [4.69, 9.17) is 9.47 Å². The van der Waals surface area contributed by atoms with Gasteiger partial charge in [-0.15, -0.1) is 0 Å². The lowest BCUT2D eigenvalue weighted by Gasteiger charge is -2.50. The van der Waals surface area contributed by atoms with Crippen molar-refractivity contribution >= 4 is 17.3 Å². The summed E-state index contributed by atoms with van der Waals surface area (Å²) in [6, 6.07) is 14.9. The molecule has 3 heterocycles. The van der Waals surface area contributed by atoms with Gasteiger partial charge >= 0.3 is 0 Å². The first-order chi connectivity index (χ1) is 16.6. The lowest BCUT2D eigenvalue weighted by Crippen LogP contribution is -2.62. The summed E-state index contributed by atoms with van der Waals surface area (Å²) in [4.78, 5) is 31.2. The van der Waals surface area contributed by atoms with Gasteiger partial charge in [0.1, 0.15) is 12.4 Å². The van der Waals surface area contributed by atoms with E-state index in [0.29, 0.717) is 39.3 Å². The summed E-state index contributed by atoms with van der Waals surface area (Å²) in [5.74, 6) is 0.734. The third kappa shape index (κ3) is 4.71. The van der Waals surface area contributed by atoms with Crippen LogP contribution in [0.3, 0.4) is 0 Å². The summed E-state index contributed by atoms with van der Waals surface area (Å²) < 4.78 is 11.3. The maximum atomic E-state index is 13.6. The maximum absolute atomic E-state index is 13.6. The van der Waals surface area contributed by atoms with E-state index in [0.717, 1.165) is 43.2 Å². The monoisotopic (exact) mass is 466 g/mol. The molecule has 5 rings (SSSR count). The number of nitrogens with zero attached hydrogens (tertiary/aromatic N) is 4. The Labute approximate surface area is 199 Å². The molecule has 0 aromatic heterocycles. The Morgan fingerprint density at radius 1 is 1.09 bits per heavy atom. The number of morpholine rings is 1. The molecule has 9 heteroatoms. The Morgan fingerprint density at radius 3 is 2.65 bits per heavy atom. The molecule has 2 aromatic rings. The molecule has 0 spiro atoms. The number of benzene rings is 2. The van der Waals surface area contributed by atoms with E-state index in [9.17, 15) is 14.9 Å². The van der Waals surface area contributed by atoms with Crippen LogP contribution in [-0.2, 0) is 16.0 Å². The SMILES string of the molecule is O=C(C1Cc2cc([N+](=O)[O-])ccc2N2CCN(CCOc3ccccc3)CC12)N1CCOCC1. The Morgan fingerprint density at radius 2 is 1.88 bits per heavy atom. The minimum absolute atomic E-state index is 0.0229. The fourth-order valence-electron chi connectivity index (χ4n) is 5.30. The first-order valence-electron chi connectivity index (χ1n) is 11.9. The normalized spacial score (nSPS) is 22.6. The van der Waals surface area contributed by atoms with Crippen molar-refractivity contribution < 1.29 is 19.2 Å². The number of carbonyl (C=O) groups excluding carboxylic acids is 1. The average Bonchev–Trinajstić information content (AvgIpc) is 2.88. The van der Waals surface area contributed by atoms with Crippen LogP contribution in [0, 0.1) is 16.0 Å². The molecule has 0 N–H and O–H groups in total. The topological polar surface area (TPSA) is 88.4 Å². The summed E-state index contributed by atoms with van der Waals surface area (Å²) in [6.07, 6.45) is 0.517. The number of carbonyl (C=O) groups is 1. The Bertz CT molecular complexity index is 1030. The smallest absolute Gasteiger partial charge is 0.269 e. The minimum Gasteiger partial charge on any atom is -0.492 e. The van der Waals surface area contributed by atoms with Crippen molar-refractivity contribution in [2.75, 3.05) is 64.0 Å². The number of amides is 1. The molecule has 1 amide bonds. The second-order valence-electron chi connectivity index (χ2n) is 9.04. The van der Waals surface area contributed by atoms with Crippen molar-refractivity contribution in [2.24, 2.45) is 5.92 Å². The molecule has 0 radical (unpaired) electrons. The van der Waals surface area contributed by atoms with Gasteiger partial charge in [-0.1, -0.05) is 18.2 Å². The Kier molecular flexibility index (Phi) is 6.64. The summed E-state index contributed by atoms with van der Waals surface area (Å²) in [5.41, 5.74) is 1.98. The fourth-order valence-corrected chi connectivity index (χ4v) is 5.30. The van der Waals surface area contributed by atoms with Gasteiger partial charge < -0.3 is 19.3 Å². The number of para-hydroxylation sites is 1. The van der Waals surface area contributed by atoms with Crippen LogP contribution in [0.25, 0.3) is 0 Å². The number of hydrogen-bond donors (Lipinski definition) is 0. The predicted octanol–water partition coefficient (Wildman–Crippen LogP) is 2.20. The van der Waals surface area contributed by atoms with Crippen LogP contribution < -0.4 is 9.64 Å². The molecule has 9 nitrogen and oxygen atoms in total. The summed E-state index contributed by atoms with van der Waals surface area (Å²) >= 11 is 0. The zero-order chi connectivity index (χ0) is 23.5. The number of ether oxygens (including phenoxy) is 2. The van der Waals surface area contributed by atoms with E-state index < -0.39 is 0 Å². The molecule has 2 unspecified atom stereocenters. The van der Waals surface area contributed by atoms with Crippen LogP contribution in [0.4, 0.5) is 11.4 Å². The van der Waals surface area contributed by atoms with Gasteiger partial charge in [0.2, 0.25) is 5.91 Å². The number of rotatable bonds is 6. The van der Waals surface area contributed by atoms with Crippen LogP contribution in [-0.4, -0.2) is 85.8 Å². The van der Waals surface area contributed by atoms with Gasteiger partial charge in [0.15, 0.2) is 0 Å². The van der Waals surface area contributed by atoms with E-state index in [2.05, 4.69) is 9.80 Å². The highest BCUT2D eigenvalue weighted by molar-refractivity contribution is 5.82. The fraction of sp³-hybridized carbons (Fsp3) is 0.480. The third-order valence-corrected chi connectivity index (χ3v) is 7.05. The quantitative estimate of drug-likeness (QED) is 0.476. The van der Waals surface area contributed by atoms with Crippen LogP contribution in [0.2, 0.25) is 0 Å². The largest absolute Gasteiger partial charge is 0.492 e. The summed E-state index contributed by atoms with van der Waals surface area (Å²) in [6.45, 7) is 6.05. The summed E-state index contributed by atoms with van der Waals surface area (Å²) in [7, 11) is 0. The van der Waals surface area contributed by atoms with Gasteiger partial charge in [-0.05, 0) is 30.2 Å². The average molecular weight is 467 g/mol. The molecule has 3 aliphatic rings. The van der Waals surface area contributed by atoms with Crippen molar-refractivity contribution in [1.82, 2.24) is 9.80 Å². The number of hydrogen-bond acceptors (Lipinski definition) is 7. The second kappa shape index (κ2) is 9.99. The molecule has 2 fully saturated rings. The highest BCUT2D eigenvalue weighted by Crippen LogP contribution is 2.38. The molecule has 180 valence electrons. The van der Waals surface area contributed by atoms with E-state index >= 15 is 0 Å². The molecule has 2 aromatic carbocycles. The van der Waals surface area contributed by atoms with Gasteiger partial charge in [-0.2, -0.15) is 0 Å². The van der Waals surface area contributed by atoms with Gasteiger partial charge in [0, 0.05) is 57.1 Å². The van der Waals surface area contributed by atoms with E-state index in [1.807, 2.05) is 41.3 Å². The van der Waals surface area contributed by atoms with Gasteiger partial charge in [0.25, 0.3) is 5.69 Å². The minimum atomic E-state index is -0.365. The molecule has 34 heavy (non-hydrogen) atoms. The highest BCUT2D eigenvalue weighted by Gasteiger charge is 2.43. The number of piperazine rings is 1. The second-order valence-corrected chi connectivity index (χ2v) is 9.04. The maximum Gasteiger partial charge on any atom is 0.269 e. The molecule has 0 bridgehead atoms. The number of nitro benzene ring substituents is 1. The molecule has 0 aliphatic carbocycles. The first-order valence-corrected chi connectivity index (χ1v) is 11.9. The number of non-ortho nitro benzene ring substituents is 1. The Hall–Kier alpha value is -3.17. The molecular formula is C25H30N4O5. The molecule has 2 saturated heterocycles. The van der Waals surface area contributed by atoms with E-state index in [1.165, 1.54) is 0 Å². The predicted molar refractivity (Wildman–Crippen MR) is 127 cm³/mol. The third-order valence-electron chi connectivity index (χ3n) is 7.05. The number of nitro groups is 1. The van der Waals surface area contributed by atoms with Crippen LogP contribution in [0.1, 0.15) is 5.56 Å². The van der Waals surface area contributed by atoms with Gasteiger partial charge in [-0.25, -0.2) is 0 Å². The number of anilines is 1. The zero-order valence-corrected chi connectivity index (χ0v) is 19.2. The van der Waals surface area contributed by atoms with Crippen LogP contribution in [0.15, 0.2) is 48.5 Å². The molecule has 2 atom stereocenters. The van der Waals surface area contributed by atoms with Crippen LogP contribution >= 0.6 is 0 Å². The number of fused-ring (bicyclic) bond motifs is 3. The van der Waals surface area contributed by atoms with Crippen molar-refractivity contribution in [3.05, 3.63) is 64.2 Å². The van der Waals surface area contributed by atoms with Gasteiger partial charge in [-0.3, -0.25) is 19.8 Å². The van der Waals surface area contributed by atoms with Gasteiger partial charge in [0.05, 0.1) is 30.1 Å². The molecule has 3 aliphatic heterocycles. The van der Waals surface area contributed by atoms with Crippen molar-refractivity contribution in [3.63, 3.8) is 0 Å². The van der Waals surface area contributed by atoms with Crippen molar-refractivity contribution in [3.8, 4) is 5.75 Å². The Balaban J connectivity index is 1.34. The van der Waals surface area contributed by atoms with Crippen molar-refractivity contribution in [2.45, 2.75) is 12.5 Å². The van der Waals surface area contributed by atoms with Crippen molar-refractivity contribution in [1.29, 1.82) is 0 Å². The van der Waals surface area contributed by atoms with E-state index in [1.54, 1.807) is 12.1 Å². The molecule has 0 saturated carbocycles. The summed E-state index contributed by atoms with van der Waals surface area (Å²) in [5, 5.41) is 11.4. The van der Waals surface area contributed by atoms with E-state index in [-0.39, 0.29) is 28.5 Å². The van der Waals surface area contributed by atoms with Crippen LogP contribution in [0.5, 0.6) is 5.75 Å². The standard InChI is InChI=1S/C25H30N4O5/c30-25(27-11-13-33-14-12-27)22-17-19-16-20(29(31)32)6-7-23(19)28-9-8-26(18-24(22)28)10-15-34-21-4-2-1-3-5-21/h1-7,16,22,24H,8-15,17-18H2.